The molecule has 0 aliphatic rings. The second-order valence-corrected chi connectivity index (χ2v) is 4.33. The Bertz CT molecular complexity index is 581. The molecule has 0 aliphatic heterocycles. The van der Waals surface area contributed by atoms with Crippen molar-refractivity contribution >= 4 is 22.6 Å². The van der Waals surface area contributed by atoms with Gasteiger partial charge in [0.05, 0.1) is 12.3 Å². The number of rotatable bonds is 4. The van der Waals surface area contributed by atoms with Crippen LogP contribution in [0.2, 0.25) is 0 Å². The van der Waals surface area contributed by atoms with E-state index in [9.17, 15) is 9.90 Å². The average Bonchev–Trinajstić information content (AvgIpc) is 2.40. The summed E-state index contributed by atoms with van der Waals surface area (Å²) in [7, 11) is 0. The van der Waals surface area contributed by atoms with Crippen LogP contribution in [-0.2, 0) is 4.74 Å². The van der Waals surface area contributed by atoms with Gasteiger partial charge in [-0.25, -0.2) is 4.79 Å². The number of carbonyl (C=O) groups is 1. The summed E-state index contributed by atoms with van der Waals surface area (Å²) in [5, 5.41) is 14.0. The van der Waals surface area contributed by atoms with Gasteiger partial charge in [0, 0.05) is 5.39 Å². The lowest BCUT2D eigenvalue weighted by molar-refractivity contribution is 0.160. The first-order valence-corrected chi connectivity index (χ1v) is 6.36. The van der Waals surface area contributed by atoms with Gasteiger partial charge in [0.15, 0.2) is 0 Å². The summed E-state index contributed by atoms with van der Waals surface area (Å²) in [5.74, 6) is 0.168. The van der Waals surface area contributed by atoms with Gasteiger partial charge in [-0.3, -0.25) is 5.32 Å². The molecule has 19 heavy (non-hydrogen) atoms. The van der Waals surface area contributed by atoms with E-state index in [0.29, 0.717) is 12.3 Å². The van der Waals surface area contributed by atoms with E-state index in [4.69, 9.17) is 4.74 Å². The molecule has 2 aromatic carbocycles. The standard InChI is InChI=1S/C15H17NO3/c1-2-3-9-19-15(18)16-14-6-4-5-11-7-8-12(17)10-13(11)14/h4-8,10,17H,2-3,9H2,1H3,(H,16,18). The Morgan fingerprint density at radius 1 is 1.32 bits per heavy atom. The molecule has 100 valence electrons. The van der Waals surface area contributed by atoms with Crippen molar-refractivity contribution in [3.05, 3.63) is 36.4 Å². The quantitative estimate of drug-likeness (QED) is 0.819. The van der Waals surface area contributed by atoms with Gasteiger partial charge in [-0.15, -0.1) is 0 Å². The largest absolute Gasteiger partial charge is 0.508 e. The predicted octanol–water partition coefficient (Wildman–Crippen LogP) is 3.89. The molecule has 0 spiro atoms. The van der Waals surface area contributed by atoms with Gasteiger partial charge >= 0.3 is 6.09 Å². The van der Waals surface area contributed by atoms with Crippen molar-refractivity contribution in [2.45, 2.75) is 19.8 Å². The number of carbonyl (C=O) groups excluding carboxylic acids is 1. The molecule has 0 saturated heterocycles. The molecule has 4 heteroatoms. The summed E-state index contributed by atoms with van der Waals surface area (Å²) in [5.41, 5.74) is 0.634. The van der Waals surface area contributed by atoms with Gasteiger partial charge in [0.25, 0.3) is 0 Å². The number of nitrogens with one attached hydrogen (secondary N) is 1. The molecule has 0 atom stereocenters. The van der Waals surface area contributed by atoms with Crippen LogP contribution >= 0.6 is 0 Å². The number of unbranched alkanes of at least 4 members (excludes halogenated alkanes) is 1. The topological polar surface area (TPSA) is 58.6 Å². The first-order chi connectivity index (χ1) is 9.20. The van der Waals surface area contributed by atoms with Crippen molar-refractivity contribution in [3.63, 3.8) is 0 Å². The van der Waals surface area contributed by atoms with E-state index >= 15 is 0 Å². The number of benzene rings is 2. The number of amides is 1. The lowest BCUT2D eigenvalue weighted by atomic mass is 10.1. The predicted molar refractivity (Wildman–Crippen MR) is 75.5 cm³/mol. The van der Waals surface area contributed by atoms with E-state index in [0.717, 1.165) is 23.6 Å². The molecular weight excluding hydrogens is 242 g/mol. The first-order valence-electron chi connectivity index (χ1n) is 6.36. The van der Waals surface area contributed by atoms with Crippen molar-refractivity contribution < 1.29 is 14.6 Å². The molecule has 0 aliphatic carbocycles. The van der Waals surface area contributed by atoms with Crippen molar-refractivity contribution in [3.8, 4) is 5.75 Å². The smallest absolute Gasteiger partial charge is 0.411 e. The Labute approximate surface area is 112 Å². The SMILES string of the molecule is CCCCOC(=O)Nc1cccc2ccc(O)cc12. The number of ether oxygens (including phenoxy) is 1. The van der Waals surface area contributed by atoms with E-state index in [2.05, 4.69) is 5.32 Å². The van der Waals surface area contributed by atoms with Gasteiger partial charge in [-0.2, -0.15) is 0 Å². The zero-order chi connectivity index (χ0) is 13.7. The maximum Gasteiger partial charge on any atom is 0.411 e. The van der Waals surface area contributed by atoms with E-state index in [1.54, 1.807) is 24.3 Å². The molecule has 0 bridgehead atoms. The average molecular weight is 259 g/mol. The number of anilines is 1. The molecule has 0 saturated carbocycles. The lowest BCUT2D eigenvalue weighted by Crippen LogP contribution is -2.14. The summed E-state index contributed by atoms with van der Waals surface area (Å²) in [6.07, 6.45) is 1.36. The summed E-state index contributed by atoms with van der Waals surface area (Å²) < 4.78 is 5.05. The van der Waals surface area contributed by atoms with E-state index in [-0.39, 0.29) is 5.75 Å². The summed E-state index contributed by atoms with van der Waals surface area (Å²) in [6, 6.07) is 10.6. The van der Waals surface area contributed by atoms with Gasteiger partial charge in [-0.1, -0.05) is 31.5 Å². The Balaban J connectivity index is 2.16. The van der Waals surface area contributed by atoms with Crippen LogP contribution in [0, 0.1) is 0 Å². The van der Waals surface area contributed by atoms with E-state index < -0.39 is 6.09 Å². The van der Waals surface area contributed by atoms with Crippen molar-refractivity contribution in [2.75, 3.05) is 11.9 Å². The maximum absolute atomic E-state index is 11.6. The molecule has 2 rings (SSSR count). The second kappa shape index (κ2) is 6.09. The van der Waals surface area contributed by atoms with Crippen LogP contribution in [0.15, 0.2) is 36.4 Å². The molecule has 0 radical (unpaired) electrons. The summed E-state index contributed by atoms with van der Waals surface area (Å²) in [4.78, 5) is 11.6. The third-order valence-corrected chi connectivity index (χ3v) is 2.83. The summed E-state index contributed by atoms with van der Waals surface area (Å²) >= 11 is 0. The van der Waals surface area contributed by atoms with Crippen molar-refractivity contribution in [2.24, 2.45) is 0 Å². The molecule has 0 fully saturated rings. The fourth-order valence-corrected chi connectivity index (χ4v) is 1.82. The fraction of sp³-hybridized carbons (Fsp3) is 0.267. The number of aromatic hydroxyl groups is 1. The molecule has 2 N–H and O–H groups in total. The minimum atomic E-state index is -0.468. The molecule has 1 amide bonds. The lowest BCUT2D eigenvalue weighted by Gasteiger charge is -2.09. The third kappa shape index (κ3) is 3.37. The normalized spacial score (nSPS) is 10.4. The minimum absolute atomic E-state index is 0.168. The fourth-order valence-electron chi connectivity index (χ4n) is 1.82. The van der Waals surface area contributed by atoms with Crippen LogP contribution in [0.25, 0.3) is 10.8 Å². The highest BCUT2D eigenvalue weighted by Gasteiger charge is 2.06. The van der Waals surface area contributed by atoms with Gasteiger partial charge in [-0.05, 0) is 30.0 Å². The number of phenols is 1. The first kappa shape index (κ1) is 13.2. The Kier molecular flexibility index (Phi) is 4.23. The molecule has 0 aromatic heterocycles. The Morgan fingerprint density at radius 2 is 2.16 bits per heavy atom. The highest BCUT2D eigenvalue weighted by molar-refractivity contribution is 6.00. The monoisotopic (exact) mass is 259 g/mol. The zero-order valence-electron chi connectivity index (χ0n) is 10.8. The Hall–Kier alpha value is -2.23. The molecule has 4 nitrogen and oxygen atoms in total. The number of phenolic OH excluding ortho intramolecular Hbond substituents is 1. The Morgan fingerprint density at radius 3 is 2.95 bits per heavy atom. The highest BCUT2D eigenvalue weighted by Crippen LogP contribution is 2.26. The molecule has 0 heterocycles. The van der Waals surface area contributed by atoms with E-state index in [1.165, 1.54) is 0 Å². The number of hydrogen-bond acceptors (Lipinski definition) is 3. The zero-order valence-corrected chi connectivity index (χ0v) is 10.8. The summed E-state index contributed by atoms with van der Waals surface area (Å²) in [6.45, 7) is 2.45. The maximum atomic E-state index is 11.6. The van der Waals surface area contributed by atoms with Crippen LogP contribution in [0.4, 0.5) is 10.5 Å². The van der Waals surface area contributed by atoms with Gasteiger partial charge in [0.1, 0.15) is 5.75 Å². The third-order valence-electron chi connectivity index (χ3n) is 2.83. The van der Waals surface area contributed by atoms with Crippen LogP contribution in [0.1, 0.15) is 19.8 Å². The van der Waals surface area contributed by atoms with Gasteiger partial charge in [0.2, 0.25) is 0 Å². The molecule has 2 aromatic rings. The molecular formula is C15H17NO3. The number of hydrogen-bond donors (Lipinski definition) is 2. The second-order valence-electron chi connectivity index (χ2n) is 4.33. The van der Waals surface area contributed by atoms with Crippen LogP contribution < -0.4 is 5.32 Å². The number of fused-ring (bicyclic) bond motifs is 1. The van der Waals surface area contributed by atoms with Crippen LogP contribution in [0.3, 0.4) is 0 Å². The van der Waals surface area contributed by atoms with Crippen molar-refractivity contribution in [1.82, 2.24) is 0 Å². The van der Waals surface area contributed by atoms with Crippen LogP contribution in [0.5, 0.6) is 5.75 Å². The van der Waals surface area contributed by atoms with Crippen LogP contribution in [-0.4, -0.2) is 17.8 Å². The molecule has 0 unspecified atom stereocenters. The minimum Gasteiger partial charge on any atom is -0.508 e. The highest BCUT2D eigenvalue weighted by atomic mass is 16.5. The van der Waals surface area contributed by atoms with E-state index in [1.807, 2.05) is 19.1 Å². The van der Waals surface area contributed by atoms with Gasteiger partial charge < -0.3 is 9.84 Å². The van der Waals surface area contributed by atoms with Crippen molar-refractivity contribution in [1.29, 1.82) is 0 Å².